The van der Waals surface area contributed by atoms with Gasteiger partial charge in [0.2, 0.25) is 0 Å². The third-order valence-electron chi connectivity index (χ3n) is 7.54. The van der Waals surface area contributed by atoms with Crippen LogP contribution in [0.15, 0.2) is 86.5 Å². The van der Waals surface area contributed by atoms with Crippen LogP contribution in [0.25, 0.3) is 11.8 Å². The van der Waals surface area contributed by atoms with Gasteiger partial charge in [0.1, 0.15) is 11.6 Å². The lowest BCUT2D eigenvalue weighted by Gasteiger charge is -2.29. The van der Waals surface area contributed by atoms with Gasteiger partial charge in [-0.3, -0.25) is 9.36 Å². The first-order valence-electron chi connectivity index (χ1n) is 13.8. The van der Waals surface area contributed by atoms with Crippen LogP contribution in [0.4, 0.5) is 10.3 Å². The maximum atomic E-state index is 14.0. The number of furan rings is 1. The summed E-state index contributed by atoms with van der Waals surface area (Å²) in [6, 6.07) is 18.1. The average Bonchev–Trinajstić information content (AvgIpc) is 3.58. The van der Waals surface area contributed by atoms with Gasteiger partial charge in [-0.15, -0.1) is 0 Å². The fourth-order valence-electron chi connectivity index (χ4n) is 5.35. The standard InChI is InChI=1S/C32H30FN3O4S/c1-3-39-31(38)27-28(21-7-5-4-6-8-21)34-32-36(29(27)22-9-11-23(33)12-10-22)30(37)25(41-32)19-24-13-14-26(40-24)35-17-15-20(2)16-18-35/h4-14,19-20,29H,3,15-18H2,1-2H3/b25-19+/t29-/m0/s1. The van der Waals surface area contributed by atoms with Crippen molar-refractivity contribution in [3.05, 3.63) is 115 Å². The van der Waals surface area contributed by atoms with E-state index in [9.17, 15) is 14.0 Å². The van der Waals surface area contributed by atoms with Crippen molar-refractivity contribution in [3.63, 3.8) is 0 Å². The number of ether oxygens (including phenoxy) is 1. The zero-order valence-corrected chi connectivity index (χ0v) is 23.7. The van der Waals surface area contributed by atoms with Crippen LogP contribution >= 0.6 is 11.3 Å². The van der Waals surface area contributed by atoms with E-state index >= 15 is 0 Å². The Labute approximate surface area is 240 Å². The van der Waals surface area contributed by atoms with Crippen LogP contribution < -0.4 is 19.8 Å². The number of fused-ring (bicyclic) bond motifs is 1. The van der Waals surface area contributed by atoms with Crippen LogP contribution in [0.1, 0.15) is 49.6 Å². The van der Waals surface area contributed by atoms with Crippen molar-refractivity contribution in [2.45, 2.75) is 32.7 Å². The third-order valence-corrected chi connectivity index (χ3v) is 8.52. The van der Waals surface area contributed by atoms with Crippen molar-refractivity contribution < 1.29 is 18.3 Å². The summed E-state index contributed by atoms with van der Waals surface area (Å²) in [5, 5.41) is 0. The Bertz CT molecular complexity index is 1780. The first kappa shape index (κ1) is 27.0. The monoisotopic (exact) mass is 571 g/mol. The number of aromatic nitrogens is 1. The van der Waals surface area contributed by atoms with E-state index in [1.807, 2.05) is 42.5 Å². The largest absolute Gasteiger partial charge is 0.463 e. The predicted octanol–water partition coefficient (Wildman–Crippen LogP) is 4.90. The molecule has 0 N–H and O–H groups in total. The van der Waals surface area contributed by atoms with E-state index in [0.29, 0.717) is 37.8 Å². The number of halogens is 1. The number of carbonyl (C=O) groups is 1. The molecule has 1 saturated heterocycles. The molecule has 210 valence electrons. The van der Waals surface area contributed by atoms with Crippen LogP contribution in [0, 0.1) is 11.7 Å². The summed E-state index contributed by atoms with van der Waals surface area (Å²) in [5.74, 6) is 1.07. The molecule has 6 rings (SSSR count). The van der Waals surface area contributed by atoms with E-state index in [1.54, 1.807) is 25.1 Å². The lowest BCUT2D eigenvalue weighted by Crippen LogP contribution is -2.40. The summed E-state index contributed by atoms with van der Waals surface area (Å²) < 4.78 is 27.4. The van der Waals surface area contributed by atoms with E-state index in [-0.39, 0.29) is 17.7 Å². The molecule has 1 fully saturated rings. The predicted molar refractivity (Wildman–Crippen MR) is 157 cm³/mol. The number of carbonyl (C=O) groups excluding carboxylic acids is 1. The summed E-state index contributed by atoms with van der Waals surface area (Å²) in [4.78, 5) is 34.9. The van der Waals surface area contributed by atoms with Gasteiger partial charge in [-0.1, -0.05) is 60.7 Å². The van der Waals surface area contributed by atoms with Crippen molar-refractivity contribution >= 4 is 35.0 Å². The summed E-state index contributed by atoms with van der Waals surface area (Å²) in [6.45, 7) is 6.02. The molecule has 4 heterocycles. The van der Waals surface area contributed by atoms with Crippen molar-refractivity contribution in [1.82, 2.24) is 4.57 Å². The number of rotatable bonds is 6. The Kier molecular flexibility index (Phi) is 7.45. The molecule has 2 aromatic carbocycles. The van der Waals surface area contributed by atoms with Crippen molar-refractivity contribution in [2.75, 3.05) is 24.6 Å². The maximum Gasteiger partial charge on any atom is 0.338 e. The maximum absolute atomic E-state index is 14.0. The second-order valence-electron chi connectivity index (χ2n) is 10.3. The zero-order valence-electron chi connectivity index (χ0n) is 22.9. The lowest BCUT2D eigenvalue weighted by atomic mass is 9.93. The molecule has 2 aromatic heterocycles. The van der Waals surface area contributed by atoms with Crippen LogP contribution in [-0.4, -0.2) is 30.2 Å². The van der Waals surface area contributed by atoms with Crippen LogP contribution in [0.5, 0.6) is 0 Å². The molecule has 1 atom stereocenters. The summed E-state index contributed by atoms with van der Waals surface area (Å²) in [5.41, 5.74) is 1.62. The van der Waals surface area contributed by atoms with Gasteiger partial charge >= 0.3 is 5.97 Å². The highest BCUT2D eigenvalue weighted by Gasteiger charge is 2.35. The second kappa shape index (κ2) is 11.3. The minimum absolute atomic E-state index is 0.154. The van der Waals surface area contributed by atoms with Gasteiger partial charge in [0, 0.05) is 30.8 Å². The Morgan fingerprint density at radius 1 is 1.10 bits per heavy atom. The first-order chi connectivity index (χ1) is 19.9. The molecule has 2 aliphatic rings. The number of esters is 1. The molecular weight excluding hydrogens is 541 g/mol. The third kappa shape index (κ3) is 5.29. The molecule has 0 unspecified atom stereocenters. The van der Waals surface area contributed by atoms with E-state index in [2.05, 4.69) is 11.8 Å². The molecule has 0 radical (unpaired) electrons. The highest BCUT2D eigenvalue weighted by molar-refractivity contribution is 7.07. The zero-order chi connectivity index (χ0) is 28.5. The van der Waals surface area contributed by atoms with Gasteiger partial charge in [0.25, 0.3) is 5.56 Å². The quantitative estimate of drug-likeness (QED) is 0.308. The highest BCUT2D eigenvalue weighted by Crippen LogP contribution is 2.35. The minimum atomic E-state index is -0.856. The number of piperidine rings is 1. The number of hydrogen-bond acceptors (Lipinski definition) is 7. The summed E-state index contributed by atoms with van der Waals surface area (Å²) >= 11 is 1.22. The Morgan fingerprint density at radius 2 is 1.83 bits per heavy atom. The molecule has 2 aliphatic heterocycles. The summed E-state index contributed by atoms with van der Waals surface area (Å²) in [7, 11) is 0. The topological polar surface area (TPSA) is 77.0 Å². The van der Waals surface area contributed by atoms with E-state index in [1.165, 1.54) is 28.0 Å². The van der Waals surface area contributed by atoms with Gasteiger partial charge in [-0.25, -0.2) is 14.2 Å². The molecule has 9 heteroatoms. The molecule has 41 heavy (non-hydrogen) atoms. The Balaban J connectivity index is 1.51. The SMILES string of the molecule is CCOC(=O)C1=C(c2ccccc2)N=c2s/c(=C/c3ccc(N4CCC(C)CC4)o3)c(=O)n2[C@H]1c1ccc(F)cc1. The first-order valence-corrected chi connectivity index (χ1v) is 14.6. The smallest absolute Gasteiger partial charge is 0.338 e. The van der Waals surface area contributed by atoms with Crippen molar-refractivity contribution in [3.8, 4) is 0 Å². The average molecular weight is 572 g/mol. The number of anilines is 1. The van der Waals surface area contributed by atoms with Crippen LogP contribution in [0.2, 0.25) is 0 Å². The van der Waals surface area contributed by atoms with Crippen LogP contribution in [0.3, 0.4) is 0 Å². The highest BCUT2D eigenvalue weighted by atomic mass is 32.1. The van der Waals surface area contributed by atoms with Gasteiger partial charge in [0.05, 0.1) is 28.5 Å². The van der Waals surface area contributed by atoms with E-state index in [0.717, 1.165) is 31.8 Å². The molecule has 0 aliphatic carbocycles. The molecule has 0 saturated carbocycles. The van der Waals surface area contributed by atoms with E-state index < -0.39 is 17.8 Å². The van der Waals surface area contributed by atoms with Gasteiger partial charge in [0.15, 0.2) is 10.7 Å². The fourth-order valence-corrected chi connectivity index (χ4v) is 6.33. The minimum Gasteiger partial charge on any atom is -0.463 e. The van der Waals surface area contributed by atoms with Crippen LogP contribution in [-0.2, 0) is 9.53 Å². The number of hydrogen-bond donors (Lipinski definition) is 0. The molecule has 0 amide bonds. The van der Waals surface area contributed by atoms with Crippen molar-refractivity contribution in [1.29, 1.82) is 0 Å². The van der Waals surface area contributed by atoms with Gasteiger partial charge in [-0.2, -0.15) is 0 Å². The lowest BCUT2D eigenvalue weighted by molar-refractivity contribution is -0.138. The second-order valence-corrected chi connectivity index (χ2v) is 11.3. The summed E-state index contributed by atoms with van der Waals surface area (Å²) in [6.07, 6.45) is 3.95. The normalized spacial score (nSPS) is 17.9. The molecular formula is C32H30FN3O4S. The molecule has 0 spiro atoms. The molecule has 0 bridgehead atoms. The van der Waals surface area contributed by atoms with Gasteiger partial charge in [-0.05, 0) is 49.4 Å². The number of thiazole rings is 1. The van der Waals surface area contributed by atoms with Gasteiger partial charge < -0.3 is 14.1 Å². The molecule has 7 nitrogen and oxygen atoms in total. The fraction of sp³-hybridized carbons (Fsp3) is 0.281. The number of nitrogens with zero attached hydrogens (tertiary/aromatic N) is 3. The Hall–Kier alpha value is -4.24. The molecule has 4 aromatic rings. The van der Waals surface area contributed by atoms with E-state index in [4.69, 9.17) is 14.1 Å². The Morgan fingerprint density at radius 3 is 2.54 bits per heavy atom. The number of benzene rings is 2. The van der Waals surface area contributed by atoms with Crippen molar-refractivity contribution in [2.24, 2.45) is 10.9 Å².